The van der Waals surface area contributed by atoms with Gasteiger partial charge in [0.25, 0.3) is 0 Å². The van der Waals surface area contributed by atoms with E-state index < -0.39 is 11.4 Å². The van der Waals surface area contributed by atoms with Crippen LogP contribution in [0.25, 0.3) is 0 Å². The number of anilines is 1. The largest absolute Gasteiger partial charge is 0.497 e. The summed E-state index contributed by atoms with van der Waals surface area (Å²) in [7, 11) is 1.64. The summed E-state index contributed by atoms with van der Waals surface area (Å²) in [6.45, 7) is 0. The van der Waals surface area contributed by atoms with E-state index in [-0.39, 0.29) is 11.3 Å². The van der Waals surface area contributed by atoms with E-state index in [4.69, 9.17) is 10.5 Å². The molecule has 0 heterocycles. The Morgan fingerprint density at radius 1 is 0.742 bits per heavy atom. The zero-order valence-corrected chi connectivity index (χ0v) is 17.2. The molecule has 0 amide bonds. The van der Waals surface area contributed by atoms with Crippen molar-refractivity contribution >= 4 is 11.7 Å². The molecule has 0 spiro atoms. The van der Waals surface area contributed by atoms with Gasteiger partial charge in [0.2, 0.25) is 0 Å². The number of hydrogen-bond acceptors (Lipinski definition) is 3. The van der Waals surface area contributed by atoms with Crippen LogP contribution in [0.4, 0.5) is 5.69 Å². The molecule has 0 aromatic heterocycles. The van der Waals surface area contributed by atoms with Crippen molar-refractivity contribution in [2.24, 2.45) is 0 Å². The lowest BCUT2D eigenvalue weighted by Gasteiger charge is -2.37. The standard InChI is InChI=1S/C27H23NO3/c1-31-23-15-12-21(13-16-23)27(19-8-4-2-5-9-19,20-10-6-3-7-11-20)22-14-17-24(26(29)30)25(28)18-22/h2-18H,28H2,1H3,(H,29,30). The molecule has 0 bridgehead atoms. The summed E-state index contributed by atoms with van der Waals surface area (Å²) >= 11 is 0. The Morgan fingerprint density at radius 3 is 1.68 bits per heavy atom. The average Bonchev–Trinajstić information content (AvgIpc) is 2.81. The molecule has 0 radical (unpaired) electrons. The van der Waals surface area contributed by atoms with Crippen LogP contribution >= 0.6 is 0 Å². The van der Waals surface area contributed by atoms with E-state index >= 15 is 0 Å². The maximum Gasteiger partial charge on any atom is 0.337 e. The zero-order valence-electron chi connectivity index (χ0n) is 17.2. The molecule has 4 aromatic rings. The maximum absolute atomic E-state index is 11.6. The third-order valence-corrected chi connectivity index (χ3v) is 5.65. The first-order valence-electron chi connectivity index (χ1n) is 9.96. The molecule has 4 heteroatoms. The number of nitrogen functional groups attached to an aromatic ring is 1. The molecule has 4 nitrogen and oxygen atoms in total. The van der Waals surface area contributed by atoms with Crippen molar-refractivity contribution in [3.8, 4) is 5.75 Å². The molecule has 0 unspecified atom stereocenters. The van der Waals surface area contributed by atoms with E-state index in [1.54, 1.807) is 19.2 Å². The minimum atomic E-state index is -1.04. The molecule has 154 valence electrons. The predicted molar refractivity (Wildman–Crippen MR) is 123 cm³/mol. The maximum atomic E-state index is 11.6. The highest BCUT2D eigenvalue weighted by molar-refractivity contribution is 5.94. The smallest absolute Gasteiger partial charge is 0.337 e. The van der Waals surface area contributed by atoms with E-state index in [0.29, 0.717) is 0 Å². The molecular weight excluding hydrogens is 386 g/mol. The van der Waals surface area contributed by atoms with Crippen molar-refractivity contribution in [2.75, 3.05) is 12.8 Å². The molecule has 0 fully saturated rings. The number of methoxy groups -OCH3 is 1. The zero-order chi connectivity index (χ0) is 21.8. The monoisotopic (exact) mass is 409 g/mol. The van der Waals surface area contributed by atoms with Gasteiger partial charge in [0.15, 0.2) is 0 Å². The number of rotatable bonds is 6. The summed E-state index contributed by atoms with van der Waals surface area (Å²) in [5.74, 6) is -0.280. The van der Waals surface area contributed by atoms with Gasteiger partial charge < -0.3 is 15.6 Å². The highest BCUT2D eigenvalue weighted by Gasteiger charge is 2.38. The molecule has 0 aliphatic carbocycles. The van der Waals surface area contributed by atoms with Crippen LogP contribution in [0, 0.1) is 0 Å². The van der Waals surface area contributed by atoms with Crippen LogP contribution in [0.1, 0.15) is 32.6 Å². The molecule has 0 saturated heterocycles. The van der Waals surface area contributed by atoms with Gasteiger partial charge >= 0.3 is 5.97 Å². The van der Waals surface area contributed by atoms with Gasteiger partial charge in [-0.25, -0.2) is 4.79 Å². The average molecular weight is 409 g/mol. The Hall–Kier alpha value is -4.05. The minimum absolute atomic E-state index is 0.0912. The van der Waals surface area contributed by atoms with Crippen molar-refractivity contribution in [2.45, 2.75) is 5.41 Å². The molecule has 0 aliphatic rings. The van der Waals surface area contributed by atoms with Gasteiger partial charge in [-0.2, -0.15) is 0 Å². The fourth-order valence-corrected chi connectivity index (χ4v) is 4.21. The van der Waals surface area contributed by atoms with E-state index in [9.17, 15) is 9.90 Å². The number of ether oxygens (including phenoxy) is 1. The number of carbonyl (C=O) groups is 1. The van der Waals surface area contributed by atoms with E-state index in [1.807, 2.05) is 66.7 Å². The first-order chi connectivity index (χ1) is 15.1. The number of hydrogen-bond donors (Lipinski definition) is 2. The van der Waals surface area contributed by atoms with Crippen LogP contribution in [0.15, 0.2) is 103 Å². The fourth-order valence-electron chi connectivity index (χ4n) is 4.21. The summed E-state index contributed by atoms with van der Waals surface area (Å²) in [5.41, 5.74) is 9.83. The second-order valence-electron chi connectivity index (χ2n) is 7.32. The Bertz CT molecular complexity index is 1150. The molecule has 0 aliphatic heterocycles. The van der Waals surface area contributed by atoms with Crippen LogP contribution in [0.3, 0.4) is 0 Å². The van der Waals surface area contributed by atoms with Gasteiger partial charge in [-0.05, 0) is 46.5 Å². The van der Waals surface area contributed by atoms with Crippen molar-refractivity contribution in [3.05, 3.63) is 131 Å². The summed E-state index contributed by atoms with van der Waals surface area (Å²) in [6.07, 6.45) is 0. The van der Waals surface area contributed by atoms with E-state index in [1.165, 1.54) is 0 Å². The molecule has 0 saturated carbocycles. The molecule has 0 atom stereocenters. The molecule has 3 N–H and O–H groups in total. The first-order valence-corrected chi connectivity index (χ1v) is 9.96. The molecule has 4 aromatic carbocycles. The normalized spacial score (nSPS) is 11.1. The Kier molecular flexibility index (Phi) is 5.46. The SMILES string of the molecule is COc1ccc(C(c2ccccc2)(c2ccccc2)c2ccc(C(=O)O)c(N)c2)cc1. The van der Waals surface area contributed by atoms with Gasteiger partial charge in [0.1, 0.15) is 5.75 Å². The highest BCUT2D eigenvalue weighted by Crippen LogP contribution is 2.46. The summed E-state index contributed by atoms with van der Waals surface area (Å²) in [5, 5.41) is 9.47. The lowest BCUT2D eigenvalue weighted by Crippen LogP contribution is -2.31. The third kappa shape index (κ3) is 3.53. The van der Waals surface area contributed by atoms with Gasteiger partial charge in [-0.1, -0.05) is 78.9 Å². The van der Waals surface area contributed by atoms with Gasteiger partial charge in [-0.3, -0.25) is 0 Å². The molecule has 31 heavy (non-hydrogen) atoms. The van der Waals surface area contributed by atoms with Gasteiger partial charge in [0, 0.05) is 5.69 Å². The highest BCUT2D eigenvalue weighted by atomic mass is 16.5. The fraction of sp³-hybridized carbons (Fsp3) is 0.0741. The first kappa shape index (κ1) is 20.2. The van der Waals surface area contributed by atoms with Crippen LogP contribution < -0.4 is 10.5 Å². The molecular formula is C27H23NO3. The summed E-state index contributed by atoms with van der Waals surface area (Å²) in [6, 6.07) is 33.5. The summed E-state index contributed by atoms with van der Waals surface area (Å²) in [4.78, 5) is 11.6. The number of benzene rings is 4. The second kappa shape index (κ2) is 8.36. The predicted octanol–water partition coefficient (Wildman–Crippen LogP) is 5.36. The minimum Gasteiger partial charge on any atom is -0.497 e. The van der Waals surface area contributed by atoms with Gasteiger partial charge in [-0.15, -0.1) is 0 Å². The number of carboxylic acid groups (broad SMARTS) is 1. The Labute approximate surface area is 181 Å². The van der Waals surface area contributed by atoms with Crippen LogP contribution in [0.5, 0.6) is 5.75 Å². The van der Waals surface area contributed by atoms with Crippen LogP contribution in [-0.4, -0.2) is 18.2 Å². The Morgan fingerprint density at radius 2 is 1.23 bits per heavy atom. The quantitative estimate of drug-likeness (QED) is 0.332. The second-order valence-corrected chi connectivity index (χ2v) is 7.32. The lowest BCUT2D eigenvalue weighted by molar-refractivity contribution is 0.0698. The number of carboxylic acids is 1. The van der Waals surface area contributed by atoms with Crippen LogP contribution in [-0.2, 0) is 5.41 Å². The summed E-state index contributed by atoms with van der Waals surface area (Å²) < 4.78 is 5.37. The van der Waals surface area contributed by atoms with Crippen molar-refractivity contribution in [3.63, 3.8) is 0 Å². The van der Waals surface area contributed by atoms with Crippen molar-refractivity contribution < 1.29 is 14.6 Å². The van der Waals surface area contributed by atoms with Gasteiger partial charge in [0.05, 0.1) is 18.1 Å². The number of nitrogens with two attached hydrogens (primary N) is 1. The lowest BCUT2D eigenvalue weighted by atomic mass is 9.65. The Balaban J connectivity index is 2.10. The molecule has 4 rings (SSSR count). The number of aromatic carboxylic acids is 1. The van der Waals surface area contributed by atoms with Crippen molar-refractivity contribution in [1.82, 2.24) is 0 Å². The van der Waals surface area contributed by atoms with Crippen LogP contribution in [0.2, 0.25) is 0 Å². The van der Waals surface area contributed by atoms with E-state index in [0.717, 1.165) is 28.0 Å². The van der Waals surface area contributed by atoms with Crippen molar-refractivity contribution in [1.29, 1.82) is 0 Å². The van der Waals surface area contributed by atoms with E-state index in [2.05, 4.69) is 24.3 Å². The third-order valence-electron chi connectivity index (χ3n) is 5.65. The topological polar surface area (TPSA) is 72.5 Å².